The summed E-state index contributed by atoms with van der Waals surface area (Å²) < 4.78 is 5.39. The van der Waals surface area contributed by atoms with E-state index in [1.165, 1.54) is 0 Å². The van der Waals surface area contributed by atoms with E-state index in [0.29, 0.717) is 30.3 Å². The third-order valence-electron chi connectivity index (χ3n) is 3.96. The topological polar surface area (TPSA) is 70.7 Å². The molecular weight excluding hydrogens is 306 g/mol. The lowest BCUT2D eigenvalue weighted by molar-refractivity contribution is 0.0731. The zero-order chi connectivity index (χ0) is 17.5. The van der Waals surface area contributed by atoms with E-state index in [1.807, 2.05) is 25.7 Å². The van der Waals surface area contributed by atoms with Crippen molar-refractivity contribution in [1.82, 2.24) is 10.2 Å². The molecule has 0 aliphatic carbocycles. The second-order valence-corrected chi connectivity index (χ2v) is 6.41. The number of anilines is 1. The number of urea groups is 1. The van der Waals surface area contributed by atoms with Gasteiger partial charge in [-0.25, -0.2) is 4.79 Å². The maximum Gasteiger partial charge on any atom is 0.319 e. The second kappa shape index (κ2) is 8.68. The molecule has 1 atom stereocenters. The van der Waals surface area contributed by atoms with Crippen LogP contribution in [0.3, 0.4) is 0 Å². The van der Waals surface area contributed by atoms with E-state index in [9.17, 15) is 9.59 Å². The summed E-state index contributed by atoms with van der Waals surface area (Å²) >= 11 is 0. The zero-order valence-electron chi connectivity index (χ0n) is 14.7. The molecule has 0 radical (unpaired) electrons. The Labute approximate surface area is 143 Å². The summed E-state index contributed by atoms with van der Waals surface area (Å²) in [5.74, 6) is 0.393. The highest BCUT2D eigenvalue weighted by atomic mass is 16.5. The van der Waals surface area contributed by atoms with Crippen molar-refractivity contribution in [2.45, 2.75) is 33.2 Å². The van der Waals surface area contributed by atoms with Gasteiger partial charge < -0.3 is 20.3 Å². The van der Waals surface area contributed by atoms with Crippen LogP contribution >= 0.6 is 0 Å². The van der Waals surface area contributed by atoms with Crippen LogP contribution in [0, 0.1) is 5.92 Å². The Morgan fingerprint density at radius 2 is 2.17 bits per heavy atom. The van der Waals surface area contributed by atoms with Crippen molar-refractivity contribution in [3.05, 3.63) is 29.8 Å². The highest BCUT2D eigenvalue weighted by molar-refractivity contribution is 5.97. The van der Waals surface area contributed by atoms with Gasteiger partial charge in [-0.2, -0.15) is 0 Å². The molecule has 1 aliphatic rings. The maximum absolute atomic E-state index is 12.7. The Hall–Kier alpha value is -2.08. The first-order valence-electron chi connectivity index (χ1n) is 8.54. The number of carbonyl (C=O) groups is 2. The van der Waals surface area contributed by atoms with Gasteiger partial charge in [0.2, 0.25) is 0 Å². The van der Waals surface area contributed by atoms with Gasteiger partial charge in [-0.15, -0.1) is 0 Å². The number of carbonyl (C=O) groups excluding carboxylic acids is 2. The second-order valence-electron chi connectivity index (χ2n) is 6.41. The first kappa shape index (κ1) is 18.3. The number of amides is 3. The molecule has 0 aromatic heterocycles. The molecule has 0 bridgehead atoms. The Morgan fingerprint density at radius 1 is 1.38 bits per heavy atom. The Morgan fingerprint density at radius 3 is 2.79 bits per heavy atom. The van der Waals surface area contributed by atoms with Crippen molar-refractivity contribution >= 4 is 17.6 Å². The van der Waals surface area contributed by atoms with Crippen LogP contribution in [0.4, 0.5) is 10.5 Å². The molecule has 1 heterocycles. The van der Waals surface area contributed by atoms with Crippen LogP contribution in [0.15, 0.2) is 24.3 Å². The maximum atomic E-state index is 12.7. The fraction of sp³-hybridized carbons (Fsp3) is 0.556. The van der Waals surface area contributed by atoms with Gasteiger partial charge in [-0.05, 0) is 45.4 Å². The number of nitrogens with zero attached hydrogens (tertiary/aromatic N) is 1. The summed E-state index contributed by atoms with van der Waals surface area (Å²) in [5, 5.41) is 5.52. The molecule has 3 amide bonds. The van der Waals surface area contributed by atoms with Crippen LogP contribution in [0.5, 0.6) is 0 Å². The van der Waals surface area contributed by atoms with Crippen LogP contribution in [-0.4, -0.2) is 49.2 Å². The molecule has 1 aliphatic heterocycles. The molecule has 1 aromatic rings. The van der Waals surface area contributed by atoms with Gasteiger partial charge in [0, 0.05) is 42.9 Å². The standard InChI is InChI=1S/C18H27N3O3/c1-4-21(11-14-8-9-24-12-14)17(22)15-6-5-7-16(10-15)20-18(23)19-13(2)3/h5-7,10,13-14H,4,8-9,11-12H2,1-3H3,(H2,19,20,23)/t14-/m0/s1. The third-order valence-corrected chi connectivity index (χ3v) is 3.96. The van der Waals surface area contributed by atoms with Crippen molar-refractivity contribution in [2.75, 3.05) is 31.6 Å². The molecule has 1 fully saturated rings. The van der Waals surface area contributed by atoms with Crippen molar-refractivity contribution in [3.63, 3.8) is 0 Å². The number of hydrogen-bond donors (Lipinski definition) is 2. The van der Waals surface area contributed by atoms with Crippen LogP contribution in [0.1, 0.15) is 37.6 Å². The quantitative estimate of drug-likeness (QED) is 0.841. The summed E-state index contributed by atoms with van der Waals surface area (Å²) in [6.45, 7) is 8.63. The average molecular weight is 333 g/mol. The predicted molar refractivity (Wildman–Crippen MR) is 94.2 cm³/mol. The first-order valence-corrected chi connectivity index (χ1v) is 8.54. The fourth-order valence-electron chi connectivity index (χ4n) is 2.74. The number of nitrogens with one attached hydrogen (secondary N) is 2. The van der Waals surface area contributed by atoms with E-state index in [4.69, 9.17) is 4.74 Å². The highest BCUT2D eigenvalue weighted by Gasteiger charge is 2.22. The molecule has 2 N–H and O–H groups in total. The van der Waals surface area contributed by atoms with Gasteiger partial charge in [-0.1, -0.05) is 6.07 Å². The third kappa shape index (κ3) is 5.23. The van der Waals surface area contributed by atoms with E-state index in [1.54, 1.807) is 24.3 Å². The molecule has 6 heteroatoms. The van der Waals surface area contributed by atoms with Gasteiger partial charge >= 0.3 is 6.03 Å². The molecule has 0 saturated carbocycles. The molecule has 2 rings (SSSR count). The van der Waals surface area contributed by atoms with Crippen molar-refractivity contribution < 1.29 is 14.3 Å². The monoisotopic (exact) mass is 333 g/mol. The summed E-state index contributed by atoms with van der Waals surface area (Å²) in [4.78, 5) is 26.4. The van der Waals surface area contributed by atoms with E-state index in [-0.39, 0.29) is 18.0 Å². The SMILES string of the molecule is CCN(C[C@@H]1CCOC1)C(=O)c1cccc(NC(=O)NC(C)C)c1. The van der Waals surface area contributed by atoms with E-state index in [2.05, 4.69) is 10.6 Å². The average Bonchev–Trinajstić information content (AvgIpc) is 3.04. The Balaban J connectivity index is 2.02. The Bertz CT molecular complexity index is 568. The molecule has 1 aromatic carbocycles. The smallest absolute Gasteiger partial charge is 0.319 e. The van der Waals surface area contributed by atoms with E-state index in [0.717, 1.165) is 19.6 Å². The van der Waals surface area contributed by atoms with Gasteiger partial charge in [0.1, 0.15) is 0 Å². The molecule has 0 spiro atoms. The van der Waals surface area contributed by atoms with Gasteiger partial charge in [-0.3, -0.25) is 4.79 Å². The van der Waals surface area contributed by atoms with Crippen LogP contribution in [0.2, 0.25) is 0 Å². The summed E-state index contributed by atoms with van der Waals surface area (Å²) in [6, 6.07) is 6.84. The van der Waals surface area contributed by atoms with Crippen molar-refractivity contribution in [3.8, 4) is 0 Å². The zero-order valence-corrected chi connectivity index (χ0v) is 14.7. The molecule has 1 saturated heterocycles. The Kier molecular flexibility index (Phi) is 6.61. The lowest BCUT2D eigenvalue weighted by Crippen LogP contribution is -2.36. The van der Waals surface area contributed by atoms with Crippen molar-refractivity contribution in [2.24, 2.45) is 5.92 Å². The molecule has 24 heavy (non-hydrogen) atoms. The number of hydrogen-bond acceptors (Lipinski definition) is 3. The lowest BCUT2D eigenvalue weighted by Gasteiger charge is -2.24. The van der Waals surface area contributed by atoms with Gasteiger partial charge in [0.05, 0.1) is 6.61 Å². The number of ether oxygens (including phenoxy) is 1. The minimum absolute atomic E-state index is 0.0164. The lowest BCUT2D eigenvalue weighted by atomic mass is 10.1. The largest absolute Gasteiger partial charge is 0.381 e. The predicted octanol–water partition coefficient (Wildman–Crippen LogP) is 2.72. The van der Waals surface area contributed by atoms with Gasteiger partial charge in [0.25, 0.3) is 5.91 Å². The normalized spacial score (nSPS) is 16.9. The van der Waals surface area contributed by atoms with Gasteiger partial charge in [0.15, 0.2) is 0 Å². The number of benzene rings is 1. The summed E-state index contributed by atoms with van der Waals surface area (Å²) in [5.41, 5.74) is 1.19. The van der Waals surface area contributed by atoms with E-state index < -0.39 is 0 Å². The highest BCUT2D eigenvalue weighted by Crippen LogP contribution is 2.17. The molecule has 6 nitrogen and oxygen atoms in total. The van der Waals surface area contributed by atoms with Crippen LogP contribution in [0.25, 0.3) is 0 Å². The molecule has 132 valence electrons. The minimum Gasteiger partial charge on any atom is -0.381 e. The van der Waals surface area contributed by atoms with Crippen molar-refractivity contribution in [1.29, 1.82) is 0 Å². The molecule has 0 unspecified atom stereocenters. The minimum atomic E-state index is -0.273. The number of rotatable bonds is 6. The summed E-state index contributed by atoms with van der Waals surface area (Å²) in [7, 11) is 0. The van der Waals surface area contributed by atoms with Crippen LogP contribution < -0.4 is 10.6 Å². The summed E-state index contributed by atoms with van der Waals surface area (Å²) in [6.07, 6.45) is 1.00. The molecular formula is C18H27N3O3. The fourth-order valence-corrected chi connectivity index (χ4v) is 2.74. The van der Waals surface area contributed by atoms with E-state index >= 15 is 0 Å². The van der Waals surface area contributed by atoms with Crippen LogP contribution in [-0.2, 0) is 4.74 Å². The first-order chi connectivity index (χ1) is 11.5.